The molecule has 0 saturated heterocycles. The second-order valence-electron chi connectivity index (χ2n) is 5.29. The zero-order valence-corrected chi connectivity index (χ0v) is 11.9. The van der Waals surface area contributed by atoms with Gasteiger partial charge in [-0.3, -0.25) is 4.98 Å². The molecule has 2 nitrogen and oxygen atoms in total. The largest absolute Gasteiger partial charge is 0.310 e. The lowest BCUT2D eigenvalue weighted by Gasteiger charge is -2.23. The Bertz CT molecular complexity index is 361. The Balaban J connectivity index is 2.06. The van der Waals surface area contributed by atoms with Crippen LogP contribution in [0.25, 0.3) is 0 Å². The zero-order chi connectivity index (χ0) is 12.8. The van der Waals surface area contributed by atoms with Gasteiger partial charge >= 0.3 is 0 Å². The third-order valence-electron chi connectivity index (χ3n) is 3.86. The van der Waals surface area contributed by atoms with E-state index >= 15 is 0 Å². The molecule has 2 rings (SSSR count). The van der Waals surface area contributed by atoms with Crippen LogP contribution in [0.4, 0.5) is 0 Å². The Morgan fingerprint density at radius 1 is 1.44 bits per heavy atom. The molecule has 1 aliphatic rings. The SMILES string of the molecule is CCCNC(CC1CCCC1)c1ccncc1Cl. The number of hydrogen-bond donors (Lipinski definition) is 1. The van der Waals surface area contributed by atoms with Crippen molar-refractivity contribution in [2.24, 2.45) is 5.92 Å². The number of hydrogen-bond acceptors (Lipinski definition) is 2. The lowest BCUT2D eigenvalue weighted by Crippen LogP contribution is -2.24. The van der Waals surface area contributed by atoms with Crippen molar-refractivity contribution in [3.8, 4) is 0 Å². The standard InChI is InChI=1S/C15H23ClN2/c1-2-8-18-15(10-12-5-3-4-6-12)13-7-9-17-11-14(13)16/h7,9,11-12,15,18H,2-6,8,10H2,1H3. The van der Waals surface area contributed by atoms with Gasteiger partial charge in [-0.25, -0.2) is 0 Å². The topological polar surface area (TPSA) is 24.9 Å². The molecule has 0 radical (unpaired) electrons. The molecule has 1 unspecified atom stereocenters. The van der Waals surface area contributed by atoms with E-state index in [4.69, 9.17) is 11.6 Å². The molecular weight excluding hydrogens is 244 g/mol. The maximum Gasteiger partial charge on any atom is 0.0637 e. The van der Waals surface area contributed by atoms with Gasteiger partial charge in [-0.1, -0.05) is 44.2 Å². The smallest absolute Gasteiger partial charge is 0.0637 e. The van der Waals surface area contributed by atoms with Gasteiger partial charge in [0.2, 0.25) is 0 Å². The van der Waals surface area contributed by atoms with Gasteiger partial charge in [-0.05, 0) is 36.9 Å². The number of halogens is 1. The van der Waals surface area contributed by atoms with Crippen LogP contribution >= 0.6 is 11.6 Å². The van der Waals surface area contributed by atoms with Gasteiger partial charge in [0.05, 0.1) is 5.02 Å². The predicted molar refractivity (Wildman–Crippen MR) is 76.9 cm³/mol. The van der Waals surface area contributed by atoms with Gasteiger partial charge < -0.3 is 5.32 Å². The third-order valence-corrected chi connectivity index (χ3v) is 4.18. The van der Waals surface area contributed by atoms with Crippen LogP contribution in [0, 0.1) is 5.92 Å². The zero-order valence-electron chi connectivity index (χ0n) is 11.2. The maximum absolute atomic E-state index is 6.28. The van der Waals surface area contributed by atoms with E-state index in [2.05, 4.69) is 23.3 Å². The van der Waals surface area contributed by atoms with E-state index in [0.29, 0.717) is 6.04 Å². The molecule has 1 N–H and O–H groups in total. The first kappa shape index (κ1) is 13.8. The number of nitrogens with zero attached hydrogens (tertiary/aromatic N) is 1. The summed E-state index contributed by atoms with van der Waals surface area (Å²) in [6.45, 7) is 3.25. The van der Waals surface area contributed by atoms with Crippen LogP contribution in [-0.2, 0) is 0 Å². The van der Waals surface area contributed by atoms with E-state index in [1.165, 1.54) is 37.7 Å². The molecule has 1 atom stereocenters. The first-order chi connectivity index (χ1) is 8.81. The normalized spacial score (nSPS) is 18.1. The molecule has 1 fully saturated rings. The molecule has 1 saturated carbocycles. The summed E-state index contributed by atoms with van der Waals surface area (Å²) in [6, 6.07) is 2.45. The Hall–Kier alpha value is -0.600. The monoisotopic (exact) mass is 266 g/mol. The molecule has 0 aromatic carbocycles. The second-order valence-corrected chi connectivity index (χ2v) is 5.70. The Labute approximate surface area is 115 Å². The van der Waals surface area contributed by atoms with Gasteiger partial charge in [0, 0.05) is 18.4 Å². The van der Waals surface area contributed by atoms with Crippen molar-refractivity contribution in [2.75, 3.05) is 6.54 Å². The first-order valence-electron chi connectivity index (χ1n) is 7.14. The highest BCUT2D eigenvalue weighted by Crippen LogP contribution is 2.34. The quantitative estimate of drug-likeness (QED) is 0.828. The molecule has 0 bridgehead atoms. The lowest BCUT2D eigenvalue weighted by atomic mass is 9.94. The number of pyridine rings is 1. The molecule has 0 spiro atoms. The third kappa shape index (κ3) is 3.69. The molecular formula is C15H23ClN2. The van der Waals surface area contributed by atoms with Gasteiger partial charge in [0.15, 0.2) is 0 Å². The Kier molecular flexibility index (Phi) is 5.45. The minimum absolute atomic E-state index is 0.392. The van der Waals surface area contributed by atoms with E-state index in [1.807, 2.05) is 6.20 Å². The van der Waals surface area contributed by atoms with Crippen molar-refractivity contribution >= 4 is 11.6 Å². The number of nitrogens with one attached hydrogen (secondary N) is 1. The molecule has 0 amide bonds. The summed E-state index contributed by atoms with van der Waals surface area (Å²) in [6.07, 6.45) is 11.5. The van der Waals surface area contributed by atoms with Crippen LogP contribution in [0.2, 0.25) is 5.02 Å². The van der Waals surface area contributed by atoms with E-state index in [1.54, 1.807) is 6.20 Å². The maximum atomic E-state index is 6.28. The van der Waals surface area contributed by atoms with Crippen molar-refractivity contribution in [3.05, 3.63) is 29.0 Å². The van der Waals surface area contributed by atoms with E-state index in [-0.39, 0.29) is 0 Å². The second kappa shape index (κ2) is 7.10. The highest BCUT2D eigenvalue weighted by Gasteiger charge is 2.22. The van der Waals surface area contributed by atoms with E-state index < -0.39 is 0 Å². The Morgan fingerprint density at radius 2 is 2.22 bits per heavy atom. The van der Waals surface area contributed by atoms with Crippen LogP contribution in [0.1, 0.15) is 57.1 Å². The molecule has 1 aromatic rings. The fourth-order valence-electron chi connectivity index (χ4n) is 2.89. The molecule has 1 aliphatic carbocycles. The molecule has 100 valence electrons. The molecule has 1 aromatic heterocycles. The summed E-state index contributed by atoms with van der Waals surface area (Å²) in [5, 5.41) is 4.44. The molecule has 1 heterocycles. The molecule has 3 heteroatoms. The molecule has 18 heavy (non-hydrogen) atoms. The van der Waals surface area contributed by atoms with Gasteiger partial charge in [0.1, 0.15) is 0 Å². The summed E-state index contributed by atoms with van der Waals surface area (Å²) in [5.41, 5.74) is 1.21. The van der Waals surface area contributed by atoms with Gasteiger partial charge in [-0.15, -0.1) is 0 Å². The lowest BCUT2D eigenvalue weighted by molar-refractivity contribution is 0.395. The van der Waals surface area contributed by atoms with Crippen molar-refractivity contribution in [1.29, 1.82) is 0 Å². The van der Waals surface area contributed by atoms with Crippen molar-refractivity contribution < 1.29 is 0 Å². The summed E-state index contributed by atoms with van der Waals surface area (Å²) in [4.78, 5) is 4.08. The highest BCUT2D eigenvalue weighted by molar-refractivity contribution is 6.31. The van der Waals surface area contributed by atoms with Crippen molar-refractivity contribution in [3.63, 3.8) is 0 Å². The number of rotatable bonds is 6. The van der Waals surface area contributed by atoms with Crippen LogP contribution in [0.5, 0.6) is 0 Å². The average Bonchev–Trinajstić information content (AvgIpc) is 2.88. The number of aromatic nitrogens is 1. The summed E-state index contributed by atoms with van der Waals surface area (Å²) >= 11 is 6.28. The highest BCUT2D eigenvalue weighted by atomic mass is 35.5. The summed E-state index contributed by atoms with van der Waals surface area (Å²) < 4.78 is 0. The first-order valence-corrected chi connectivity index (χ1v) is 7.52. The fourth-order valence-corrected chi connectivity index (χ4v) is 3.14. The van der Waals surface area contributed by atoms with E-state index in [9.17, 15) is 0 Å². The van der Waals surface area contributed by atoms with Crippen molar-refractivity contribution in [1.82, 2.24) is 10.3 Å². The minimum atomic E-state index is 0.392. The van der Waals surface area contributed by atoms with Crippen LogP contribution < -0.4 is 5.32 Å². The summed E-state index contributed by atoms with van der Waals surface area (Å²) in [5.74, 6) is 0.864. The van der Waals surface area contributed by atoms with Gasteiger partial charge in [0.25, 0.3) is 0 Å². The van der Waals surface area contributed by atoms with Crippen LogP contribution in [-0.4, -0.2) is 11.5 Å². The van der Waals surface area contributed by atoms with Gasteiger partial charge in [-0.2, -0.15) is 0 Å². The average molecular weight is 267 g/mol. The Morgan fingerprint density at radius 3 is 2.89 bits per heavy atom. The molecule has 0 aliphatic heterocycles. The van der Waals surface area contributed by atoms with Crippen LogP contribution in [0.15, 0.2) is 18.5 Å². The summed E-state index contributed by atoms with van der Waals surface area (Å²) in [7, 11) is 0. The van der Waals surface area contributed by atoms with Crippen LogP contribution in [0.3, 0.4) is 0 Å². The minimum Gasteiger partial charge on any atom is -0.310 e. The van der Waals surface area contributed by atoms with Crippen molar-refractivity contribution in [2.45, 2.75) is 51.5 Å². The fraction of sp³-hybridized carbons (Fsp3) is 0.667. The predicted octanol–water partition coefficient (Wildman–Crippen LogP) is 4.36. The van der Waals surface area contributed by atoms with E-state index in [0.717, 1.165) is 23.9 Å².